The van der Waals surface area contributed by atoms with Gasteiger partial charge in [0.2, 0.25) is 0 Å². The van der Waals surface area contributed by atoms with Gasteiger partial charge in [-0.25, -0.2) is 4.79 Å². The Labute approximate surface area is 207 Å². The molecule has 2 saturated heterocycles. The largest absolute Gasteiger partial charge is 0.451 e. The number of hydrogen-bond donors (Lipinski definition) is 8. The topological polar surface area (TPSA) is 193 Å². The molecule has 7 rings (SSSR count). The van der Waals surface area contributed by atoms with Crippen molar-refractivity contribution in [3.8, 4) is 0 Å². The lowest BCUT2D eigenvalue weighted by atomic mass is 9.52. The van der Waals surface area contributed by atoms with Crippen molar-refractivity contribution in [1.82, 2.24) is 4.98 Å². The highest BCUT2D eigenvalue weighted by Gasteiger charge is 3.11. The number of esters is 1. The van der Waals surface area contributed by atoms with Gasteiger partial charge in [-0.05, 0) is 51.7 Å². The monoisotopic (exact) mass is 509 g/mol. The summed E-state index contributed by atoms with van der Waals surface area (Å²) in [6.45, 7) is 6.78. The van der Waals surface area contributed by atoms with Crippen LogP contribution in [0.4, 0.5) is 0 Å². The van der Waals surface area contributed by atoms with Crippen molar-refractivity contribution < 1.29 is 50.0 Å². The molecule has 4 aliphatic carbocycles. The average Bonchev–Trinajstić information content (AvgIpc) is 3.40. The van der Waals surface area contributed by atoms with Gasteiger partial charge in [0, 0.05) is 18.0 Å². The van der Waals surface area contributed by atoms with Crippen LogP contribution in [0.5, 0.6) is 0 Å². The Morgan fingerprint density at radius 2 is 1.83 bits per heavy atom. The minimum atomic E-state index is -2.77. The van der Waals surface area contributed by atoms with E-state index in [0.717, 1.165) is 0 Å². The van der Waals surface area contributed by atoms with Crippen molar-refractivity contribution in [3.05, 3.63) is 24.0 Å². The highest BCUT2D eigenvalue weighted by Crippen LogP contribution is 2.90. The van der Waals surface area contributed by atoms with Crippen LogP contribution in [0, 0.1) is 16.7 Å². The number of aliphatic hydroxyl groups is 7. The van der Waals surface area contributed by atoms with Crippen LogP contribution in [-0.2, 0) is 9.47 Å². The number of aromatic nitrogens is 1. The van der Waals surface area contributed by atoms with Gasteiger partial charge in [0.25, 0.3) is 0 Å². The van der Waals surface area contributed by atoms with E-state index in [-0.39, 0.29) is 12.1 Å². The number of hydrogen-bond acceptors (Lipinski definition) is 10. The summed E-state index contributed by atoms with van der Waals surface area (Å²) in [5.74, 6) is -3.96. The molecule has 4 saturated carbocycles. The van der Waals surface area contributed by atoms with Gasteiger partial charge in [-0.2, -0.15) is 0 Å². The Bertz CT molecular complexity index is 1170. The molecule has 200 valence electrons. The molecule has 2 aliphatic heterocycles. The summed E-state index contributed by atoms with van der Waals surface area (Å²) in [7, 11) is 0. The van der Waals surface area contributed by atoms with E-state index in [1.54, 1.807) is 13.0 Å². The molecule has 36 heavy (non-hydrogen) atoms. The summed E-state index contributed by atoms with van der Waals surface area (Å²) in [4.78, 5) is 15.9. The molecule has 6 bridgehead atoms. The van der Waals surface area contributed by atoms with Crippen molar-refractivity contribution in [1.29, 1.82) is 0 Å². The second-order valence-electron chi connectivity index (χ2n) is 12.7. The van der Waals surface area contributed by atoms with Gasteiger partial charge in [0.1, 0.15) is 28.1 Å². The summed E-state index contributed by atoms with van der Waals surface area (Å²) in [5, 5.41) is 85.4. The number of H-pyrrole nitrogens is 1. The van der Waals surface area contributed by atoms with Crippen LogP contribution in [0.15, 0.2) is 18.3 Å². The first-order valence-corrected chi connectivity index (χ1v) is 12.4. The van der Waals surface area contributed by atoms with Gasteiger partial charge in [0.05, 0.1) is 17.1 Å². The lowest BCUT2D eigenvalue weighted by Gasteiger charge is -2.60. The van der Waals surface area contributed by atoms with Gasteiger partial charge >= 0.3 is 5.97 Å². The number of aliphatic hydroxyl groups excluding tert-OH is 1. The Kier molecular flexibility index (Phi) is 4.14. The number of aromatic amines is 1. The van der Waals surface area contributed by atoms with Crippen LogP contribution in [0.1, 0.15) is 64.4 Å². The molecule has 0 amide bonds. The number of ether oxygens (including phenoxy) is 2. The van der Waals surface area contributed by atoms with Gasteiger partial charge in [-0.15, -0.1) is 0 Å². The number of carbonyl (C=O) groups is 1. The zero-order valence-electron chi connectivity index (χ0n) is 20.9. The van der Waals surface area contributed by atoms with Gasteiger partial charge in [-0.1, -0.05) is 13.8 Å². The predicted octanol–water partition coefficient (Wildman–Crippen LogP) is -1.07. The zero-order chi connectivity index (χ0) is 26.8. The first-order valence-electron chi connectivity index (χ1n) is 12.4. The molecule has 1 spiro atoms. The number of nitrogens with one attached hydrogen (secondary N) is 1. The third kappa shape index (κ3) is 1.77. The predicted molar refractivity (Wildman–Crippen MR) is 120 cm³/mol. The van der Waals surface area contributed by atoms with E-state index in [4.69, 9.17) is 9.47 Å². The summed E-state index contributed by atoms with van der Waals surface area (Å²) in [5.41, 5.74) is -19.0. The van der Waals surface area contributed by atoms with Crippen LogP contribution < -0.4 is 0 Å². The standard InChI is InChI=1S/C25H35NO10/c1-12-8-9-20(30)18(4)11-21(31)19(5)22(32,17(2,3)29)16(35-15(28)13-7-6-10-26-13)23(18,33)25(19,34)24(20,36-21)14(12)27/h6-7,10,12,14,16,26-27,29-34H,8-9,11H2,1-5H3/t12-,14+,16+,18-,19+,20-,21-,22-,23+,24+,25+/m0/s1. The van der Waals surface area contributed by atoms with E-state index in [2.05, 4.69) is 4.98 Å². The third-order valence-corrected chi connectivity index (χ3v) is 11.3. The van der Waals surface area contributed by atoms with E-state index in [0.29, 0.717) is 6.42 Å². The summed E-state index contributed by atoms with van der Waals surface area (Å²) < 4.78 is 11.9. The fourth-order valence-corrected chi connectivity index (χ4v) is 9.57. The molecule has 1 aromatic rings. The minimum absolute atomic E-state index is 0.00323. The van der Waals surface area contributed by atoms with E-state index in [1.165, 1.54) is 40.0 Å². The average molecular weight is 510 g/mol. The molecular formula is C25H35NO10. The molecule has 0 radical (unpaired) electrons. The van der Waals surface area contributed by atoms with E-state index >= 15 is 0 Å². The molecule has 6 aliphatic rings. The summed E-state index contributed by atoms with van der Waals surface area (Å²) in [6, 6.07) is 2.95. The maximum atomic E-state index is 13.2. The first-order chi connectivity index (χ1) is 16.3. The molecule has 8 N–H and O–H groups in total. The molecular weight excluding hydrogens is 474 g/mol. The maximum Gasteiger partial charge on any atom is 0.355 e. The molecule has 6 fully saturated rings. The number of carbonyl (C=O) groups excluding carboxylic acids is 1. The van der Waals surface area contributed by atoms with E-state index in [1.807, 2.05) is 0 Å². The zero-order valence-corrected chi connectivity index (χ0v) is 20.9. The number of rotatable bonds is 3. The van der Waals surface area contributed by atoms with Crippen LogP contribution >= 0.6 is 0 Å². The Morgan fingerprint density at radius 3 is 2.39 bits per heavy atom. The van der Waals surface area contributed by atoms with Crippen molar-refractivity contribution in [2.45, 2.75) is 105 Å². The van der Waals surface area contributed by atoms with E-state index < -0.39 is 80.7 Å². The van der Waals surface area contributed by atoms with Gasteiger partial charge in [0.15, 0.2) is 17.5 Å². The van der Waals surface area contributed by atoms with E-state index in [9.17, 15) is 40.5 Å². The van der Waals surface area contributed by atoms with Crippen LogP contribution in [-0.4, -0.2) is 98.3 Å². The molecule has 11 nitrogen and oxygen atoms in total. The summed E-state index contributed by atoms with van der Waals surface area (Å²) in [6.07, 6.45) is -2.30. The Hall–Kier alpha value is -1.57. The highest BCUT2D eigenvalue weighted by molar-refractivity contribution is 5.87. The minimum Gasteiger partial charge on any atom is -0.451 e. The summed E-state index contributed by atoms with van der Waals surface area (Å²) >= 11 is 0. The Morgan fingerprint density at radius 1 is 1.19 bits per heavy atom. The lowest BCUT2D eigenvalue weighted by molar-refractivity contribution is -0.392. The third-order valence-electron chi connectivity index (χ3n) is 11.3. The van der Waals surface area contributed by atoms with Crippen LogP contribution in [0.2, 0.25) is 0 Å². The quantitative estimate of drug-likeness (QED) is 0.233. The second-order valence-corrected chi connectivity index (χ2v) is 12.7. The lowest BCUT2D eigenvalue weighted by Crippen LogP contribution is -2.76. The van der Waals surface area contributed by atoms with Crippen LogP contribution in [0.3, 0.4) is 0 Å². The fraction of sp³-hybridized carbons (Fsp3) is 0.800. The second kappa shape index (κ2) is 6.02. The molecule has 11 atom stereocenters. The molecule has 11 heteroatoms. The maximum absolute atomic E-state index is 13.2. The first kappa shape index (κ1) is 24.7. The Balaban J connectivity index is 1.71. The molecule has 3 heterocycles. The highest BCUT2D eigenvalue weighted by atomic mass is 16.7. The SMILES string of the molecule is C[C@H]1CC[C@]2(O)[C@]3(C)C[C@]4(O)O[C@@]2([C@@H]1O)[C@]1(O)[C@@]3(O)[C@H](OC(=O)c2ccc[nH]2)[C@](O)(C(C)(C)O)[C@]14C. The van der Waals surface area contributed by atoms with Gasteiger partial charge < -0.3 is 50.2 Å². The van der Waals surface area contributed by atoms with Crippen molar-refractivity contribution >= 4 is 5.97 Å². The molecule has 1 aromatic heterocycles. The fourth-order valence-electron chi connectivity index (χ4n) is 9.57. The van der Waals surface area contributed by atoms with Crippen molar-refractivity contribution in [3.63, 3.8) is 0 Å². The molecule has 0 aromatic carbocycles. The smallest absolute Gasteiger partial charge is 0.355 e. The molecule has 0 unspecified atom stereocenters. The van der Waals surface area contributed by atoms with Crippen molar-refractivity contribution in [2.24, 2.45) is 16.7 Å². The van der Waals surface area contributed by atoms with Gasteiger partial charge in [-0.3, -0.25) is 0 Å². The van der Waals surface area contributed by atoms with Crippen LogP contribution in [0.25, 0.3) is 0 Å². The normalized spacial score (nSPS) is 58.8. The van der Waals surface area contributed by atoms with Crippen molar-refractivity contribution in [2.75, 3.05) is 0 Å².